The number of cyclic esters (lactones) is 1. The predicted molar refractivity (Wildman–Crippen MR) is 256 cm³/mol. The van der Waals surface area contributed by atoms with Crippen LogP contribution in [-0.2, 0) is 52.4 Å². The van der Waals surface area contributed by atoms with Crippen molar-refractivity contribution in [1.29, 1.82) is 0 Å². The summed E-state index contributed by atoms with van der Waals surface area (Å²) in [6, 6.07) is -1.14. The number of ether oxygens (including phenoxy) is 6. The Balaban J connectivity index is 1.70. The first-order valence-corrected chi connectivity index (χ1v) is 25.0. The third-order valence-corrected chi connectivity index (χ3v) is 14.9. The predicted octanol–water partition coefficient (Wildman–Crippen LogP) is 6.20. The first kappa shape index (κ1) is 57.2. The number of piperidine rings is 1. The lowest BCUT2D eigenvalue weighted by Crippen LogP contribution is -2.61. The van der Waals surface area contributed by atoms with Gasteiger partial charge in [-0.3, -0.25) is 19.2 Å². The van der Waals surface area contributed by atoms with Gasteiger partial charge in [-0.15, -0.1) is 0 Å². The molecule has 3 fully saturated rings. The fraction of sp³-hybridized carbons (Fsp3) is 0.755. The minimum Gasteiger partial charge on any atom is -0.460 e. The number of aliphatic hydroxyl groups is 3. The van der Waals surface area contributed by atoms with Crippen LogP contribution in [0.15, 0.2) is 47.6 Å². The lowest BCUT2D eigenvalue weighted by Gasteiger charge is -2.42. The van der Waals surface area contributed by atoms with Crippen LogP contribution in [0.5, 0.6) is 0 Å². The number of allylic oxidation sites excluding steroid dienone is 6. The fourth-order valence-corrected chi connectivity index (χ4v) is 10.5. The summed E-state index contributed by atoms with van der Waals surface area (Å²) < 4.78 is 35.6. The second-order valence-electron chi connectivity index (χ2n) is 20.2. The van der Waals surface area contributed by atoms with Crippen molar-refractivity contribution >= 4 is 29.2 Å². The minimum atomic E-state index is -2.43. The van der Waals surface area contributed by atoms with Crippen LogP contribution in [0.3, 0.4) is 0 Å². The number of Topliss-reactive ketones (excluding diaryl/α,β-unsaturated/α-hetero) is 3. The maximum absolute atomic E-state index is 14.5. The molecule has 1 aliphatic carbocycles. The number of carbonyl (C=O) groups is 5. The van der Waals surface area contributed by atoms with Gasteiger partial charge >= 0.3 is 5.97 Å². The summed E-state index contributed by atoms with van der Waals surface area (Å²) in [6.07, 6.45) is 12.0. The second kappa shape index (κ2) is 27.3. The quantitative estimate of drug-likeness (QED) is 0.134. The van der Waals surface area contributed by atoms with Gasteiger partial charge in [0.1, 0.15) is 30.1 Å². The summed E-state index contributed by atoms with van der Waals surface area (Å²) in [7, 11) is 4.58. The van der Waals surface area contributed by atoms with Crippen molar-refractivity contribution in [1.82, 2.24) is 4.90 Å². The zero-order valence-corrected chi connectivity index (χ0v) is 42.4. The average Bonchev–Trinajstić information content (AvgIpc) is 3.32. The van der Waals surface area contributed by atoms with E-state index in [1.807, 2.05) is 58.1 Å². The summed E-state index contributed by atoms with van der Waals surface area (Å²) >= 11 is 0. The van der Waals surface area contributed by atoms with Crippen LogP contribution < -0.4 is 0 Å². The Morgan fingerprint density at radius 1 is 0.853 bits per heavy atom. The number of rotatable bonds is 9. The van der Waals surface area contributed by atoms with E-state index in [4.69, 9.17) is 28.4 Å². The Bertz CT molecular complexity index is 1810. The molecule has 15 heteroatoms. The summed E-state index contributed by atoms with van der Waals surface area (Å²) in [6.45, 7) is 12.9. The van der Waals surface area contributed by atoms with Crippen molar-refractivity contribution in [3.05, 3.63) is 47.6 Å². The Morgan fingerprint density at radius 2 is 1.59 bits per heavy atom. The first-order valence-electron chi connectivity index (χ1n) is 25.0. The lowest BCUT2D eigenvalue weighted by atomic mass is 9.78. The number of amides is 1. The van der Waals surface area contributed by atoms with Crippen LogP contribution in [0, 0.1) is 35.5 Å². The molecule has 15 nitrogen and oxygen atoms in total. The molecule has 0 spiro atoms. The van der Waals surface area contributed by atoms with Crippen molar-refractivity contribution < 1.29 is 67.7 Å². The Morgan fingerprint density at radius 3 is 2.26 bits per heavy atom. The van der Waals surface area contributed by atoms with Crippen molar-refractivity contribution in [3.8, 4) is 0 Å². The van der Waals surface area contributed by atoms with Crippen LogP contribution in [0.25, 0.3) is 0 Å². The number of aliphatic hydroxyl groups excluding tert-OH is 2. The Labute approximate surface area is 405 Å². The third kappa shape index (κ3) is 15.3. The number of hydrogen-bond donors (Lipinski definition) is 3. The van der Waals surface area contributed by atoms with Gasteiger partial charge in [0.2, 0.25) is 5.79 Å². The number of hydrogen-bond acceptors (Lipinski definition) is 14. The maximum atomic E-state index is 14.5. The lowest BCUT2D eigenvalue weighted by molar-refractivity contribution is -0.265. The third-order valence-electron chi connectivity index (χ3n) is 14.9. The van der Waals surface area contributed by atoms with E-state index < -0.39 is 77.8 Å². The molecule has 4 rings (SSSR count). The fourth-order valence-electron chi connectivity index (χ4n) is 10.5. The summed E-state index contributed by atoms with van der Waals surface area (Å²) in [5, 5.41) is 32.8. The molecule has 0 aromatic rings. The largest absolute Gasteiger partial charge is 0.460 e. The number of carbonyl (C=O) groups excluding carboxylic acids is 5. The molecule has 15 atom stereocenters. The van der Waals surface area contributed by atoms with E-state index in [1.54, 1.807) is 41.1 Å². The molecule has 1 saturated carbocycles. The van der Waals surface area contributed by atoms with E-state index >= 15 is 0 Å². The SMILES string of the molecule is COC1CC2CC[C@@H](C)[C@@](O)(O2)C(=O)C(=O)N2CCCC[C@H]2C(=O)OC([C@@H](C)C[C@@H]2CC[C@@H](OCCO)[C@H](OC)C2)CC(=O)[C@H](C)/C=C(\C)[C@@H](O)C(OC)C(=O)[C@H](C)C[C@H](C)/C=C/C=C/C=C/1C. The summed E-state index contributed by atoms with van der Waals surface area (Å²) in [5.41, 5.74) is 1.26. The highest BCUT2D eigenvalue weighted by Gasteiger charge is 2.53. The molecule has 0 aromatic heterocycles. The van der Waals surface area contributed by atoms with Crippen LogP contribution in [0.4, 0.5) is 0 Å². The van der Waals surface area contributed by atoms with Gasteiger partial charge in [-0.1, -0.05) is 71.1 Å². The highest BCUT2D eigenvalue weighted by atomic mass is 16.6. The smallest absolute Gasteiger partial charge is 0.329 e. The number of ketones is 3. The molecular weight excluding hydrogens is 875 g/mol. The Hall–Kier alpha value is -3.41. The monoisotopic (exact) mass is 958 g/mol. The zero-order valence-electron chi connectivity index (χ0n) is 42.4. The van der Waals surface area contributed by atoms with E-state index in [1.165, 1.54) is 12.0 Å². The van der Waals surface area contributed by atoms with Crippen LogP contribution in [0.2, 0.25) is 0 Å². The van der Waals surface area contributed by atoms with Crippen molar-refractivity contribution in [2.45, 2.75) is 180 Å². The molecule has 2 bridgehead atoms. The van der Waals surface area contributed by atoms with Gasteiger partial charge < -0.3 is 48.6 Å². The second-order valence-corrected chi connectivity index (χ2v) is 20.2. The molecule has 0 radical (unpaired) electrons. The standard InChI is InChI=1S/C53H83NO14/c1-32-16-12-11-13-17-33(2)44(63-8)30-40-21-19-38(7)53(62,68-40)50(59)51(60)54-23-15-14-18-41(54)52(61)67-45(35(4)28-39-20-22-43(66-25-24-55)46(29-39)64-9)31-42(56)34(3)27-37(6)48(58)49(65-10)47(57)36(5)26-32/h11-13,16-17,27,32,34-36,38-41,43-46,48-49,55,58,62H,14-15,18-26,28-31H2,1-10H3/b13-11+,16-12+,33-17+,37-27+/t32-,34-,35+,36-,38-,39+,40?,41+,43-,44?,45?,46-,48-,49?,53-/m1/s1. The molecular formula is C53H83NO14. The van der Waals surface area contributed by atoms with Gasteiger partial charge in [0.25, 0.3) is 11.7 Å². The van der Waals surface area contributed by atoms with E-state index in [9.17, 15) is 39.3 Å². The van der Waals surface area contributed by atoms with Crippen molar-refractivity contribution in [2.24, 2.45) is 35.5 Å². The van der Waals surface area contributed by atoms with Crippen LogP contribution in [0.1, 0.15) is 126 Å². The highest BCUT2D eigenvalue weighted by Crippen LogP contribution is 2.38. The number of esters is 1. The maximum Gasteiger partial charge on any atom is 0.329 e. The van der Waals surface area contributed by atoms with Crippen molar-refractivity contribution in [3.63, 3.8) is 0 Å². The molecule has 68 heavy (non-hydrogen) atoms. The molecule has 3 aliphatic heterocycles. The normalized spacial score (nSPS) is 39.2. The van der Waals surface area contributed by atoms with Gasteiger partial charge in [-0.2, -0.15) is 0 Å². The summed E-state index contributed by atoms with van der Waals surface area (Å²) in [4.78, 5) is 72.1. The van der Waals surface area contributed by atoms with Gasteiger partial charge in [-0.05, 0) is 107 Å². The van der Waals surface area contributed by atoms with Crippen molar-refractivity contribution in [2.75, 3.05) is 41.1 Å². The van der Waals surface area contributed by atoms with E-state index in [2.05, 4.69) is 0 Å². The number of methoxy groups -OCH3 is 3. The highest BCUT2D eigenvalue weighted by molar-refractivity contribution is 6.39. The topological polar surface area (TPSA) is 205 Å². The van der Waals surface area contributed by atoms with Crippen LogP contribution in [-0.4, -0.2) is 145 Å². The van der Waals surface area contributed by atoms with E-state index in [0.717, 1.165) is 12.0 Å². The Kier molecular flexibility index (Phi) is 22.9. The molecule has 4 unspecified atom stereocenters. The minimum absolute atomic E-state index is 0.0158. The molecule has 384 valence electrons. The molecule has 3 heterocycles. The van der Waals surface area contributed by atoms with E-state index in [-0.39, 0.29) is 74.1 Å². The van der Waals surface area contributed by atoms with Gasteiger partial charge in [0.05, 0.1) is 37.6 Å². The van der Waals surface area contributed by atoms with Gasteiger partial charge in [-0.25, -0.2) is 4.79 Å². The van der Waals surface area contributed by atoms with Gasteiger partial charge in [0.15, 0.2) is 5.78 Å². The molecule has 3 N–H and O–H groups in total. The van der Waals surface area contributed by atoms with Crippen LogP contribution >= 0.6 is 0 Å². The molecule has 2 saturated heterocycles. The number of nitrogens with zero attached hydrogens (tertiary/aromatic N) is 1. The molecule has 0 aromatic carbocycles. The zero-order chi connectivity index (χ0) is 50.3. The van der Waals surface area contributed by atoms with E-state index in [0.29, 0.717) is 63.4 Å². The van der Waals surface area contributed by atoms with Gasteiger partial charge in [0, 0.05) is 58.5 Å². The molecule has 4 aliphatic rings. The number of fused-ring (bicyclic) bond motifs is 3. The first-order chi connectivity index (χ1) is 32.3. The molecule has 1 amide bonds. The summed E-state index contributed by atoms with van der Waals surface area (Å²) in [5.74, 6) is -7.96. The average molecular weight is 958 g/mol.